The first-order chi connectivity index (χ1) is 10.5. The fraction of sp³-hybridized carbons (Fsp3) is 0.474. The summed E-state index contributed by atoms with van der Waals surface area (Å²) in [6, 6.07) is 6.41. The minimum atomic E-state index is 0.158. The van der Waals surface area contributed by atoms with Crippen LogP contribution in [0.25, 0.3) is 10.9 Å². The van der Waals surface area contributed by atoms with Crippen LogP contribution in [0.1, 0.15) is 53.4 Å². The smallest absolute Gasteiger partial charge is 0.254 e. The lowest BCUT2D eigenvalue weighted by molar-refractivity contribution is 0.0637. The highest BCUT2D eigenvalue weighted by Gasteiger charge is 2.26. The number of piperidine rings is 1. The van der Waals surface area contributed by atoms with Crippen LogP contribution in [0.2, 0.25) is 0 Å². The molecule has 0 spiro atoms. The number of aryl methyl sites for hydroxylation is 3. The number of carbonyl (C=O) groups is 1. The molecule has 1 fully saturated rings. The Morgan fingerprint density at radius 3 is 2.73 bits per heavy atom. The minimum Gasteiger partial charge on any atom is -0.336 e. The number of nitrogens with zero attached hydrogens (tertiary/aromatic N) is 2. The van der Waals surface area contributed by atoms with Crippen LogP contribution in [0, 0.1) is 20.8 Å². The molecule has 1 aromatic carbocycles. The molecule has 116 valence electrons. The van der Waals surface area contributed by atoms with E-state index in [0.717, 1.165) is 41.5 Å². The first-order valence-corrected chi connectivity index (χ1v) is 8.17. The molecule has 1 aromatic heterocycles. The monoisotopic (exact) mass is 296 g/mol. The fourth-order valence-corrected chi connectivity index (χ4v) is 3.39. The van der Waals surface area contributed by atoms with Crippen molar-refractivity contribution in [2.45, 2.75) is 53.0 Å². The molecule has 0 saturated carbocycles. The Labute approximate surface area is 132 Å². The third-order valence-electron chi connectivity index (χ3n) is 4.93. The van der Waals surface area contributed by atoms with Crippen LogP contribution in [0.3, 0.4) is 0 Å². The minimum absolute atomic E-state index is 0.158. The van der Waals surface area contributed by atoms with Gasteiger partial charge in [-0.25, -0.2) is 0 Å². The lowest BCUT2D eigenvalue weighted by Gasteiger charge is -2.33. The van der Waals surface area contributed by atoms with Gasteiger partial charge in [0.05, 0.1) is 11.1 Å². The zero-order valence-electron chi connectivity index (χ0n) is 13.9. The van der Waals surface area contributed by atoms with Gasteiger partial charge in [-0.15, -0.1) is 0 Å². The Balaban J connectivity index is 2.14. The van der Waals surface area contributed by atoms with Crippen LogP contribution >= 0.6 is 0 Å². The van der Waals surface area contributed by atoms with E-state index in [-0.39, 0.29) is 5.91 Å². The van der Waals surface area contributed by atoms with Crippen molar-refractivity contribution in [2.24, 2.45) is 0 Å². The van der Waals surface area contributed by atoms with Crippen molar-refractivity contribution in [1.82, 2.24) is 9.88 Å². The number of likely N-dealkylation sites (tertiary alicyclic amines) is 1. The predicted octanol–water partition coefficient (Wildman–Crippen LogP) is 4.17. The summed E-state index contributed by atoms with van der Waals surface area (Å²) >= 11 is 0. The number of aromatic nitrogens is 1. The molecule has 1 aliphatic heterocycles. The summed E-state index contributed by atoms with van der Waals surface area (Å²) in [7, 11) is 0. The molecule has 3 rings (SSSR count). The topological polar surface area (TPSA) is 33.2 Å². The van der Waals surface area contributed by atoms with Crippen molar-refractivity contribution in [3.63, 3.8) is 0 Å². The Morgan fingerprint density at radius 2 is 2.00 bits per heavy atom. The maximum atomic E-state index is 13.1. The standard InChI is InChI=1S/C19H24N2O/c1-12-8-9-16-17(11-13(2)20-18(16)15(12)4)19(22)21-10-6-5-7-14(21)3/h8-9,11,14H,5-7,10H2,1-4H3/t14-/m1/s1. The molecule has 1 atom stereocenters. The molecule has 0 bridgehead atoms. The van der Waals surface area contributed by atoms with E-state index in [4.69, 9.17) is 0 Å². The van der Waals surface area contributed by atoms with E-state index in [1.807, 2.05) is 24.0 Å². The van der Waals surface area contributed by atoms with Crippen molar-refractivity contribution < 1.29 is 4.79 Å². The number of hydrogen-bond donors (Lipinski definition) is 0. The van der Waals surface area contributed by atoms with Gasteiger partial charge >= 0.3 is 0 Å². The Morgan fingerprint density at radius 1 is 1.23 bits per heavy atom. The zero-order chi connectivity index (χ0) is 15.9. The second kappa shape index (κ2) is 5.71. The van der Waals surface area contributed by atoms with Gasteiger partial charge in [-0.2, -0.15) is 0 Å². The average Bonchev–Trinajstić information content (AvgIpc) is 2.50. The quantitative estimate of drug-likeness (QED) is 0.791. The molecule has 1 saturated heterocycles. The number of pyridine rings is 1. The number of rotatable bonds is 1. The lowest BCUT2D eigenvalue weighted by atomic mass is 9.98. The summed E-state index contributed by atoms with van der Waals surface area (Å²) in [4.78, 5) is 19.8. The number of amides is 1. The summed E-state index contributed by atoms with van der Waals surface area (Å²) in [6.07, 6.45) is 3.43. The maximum Gasteiger partial charge on any atom is 0.254 e. The average molecular weight is 296 g/mol. The summed E-state index contributed by atoms with van der Waals surface area (Å²) in [5.74, 6) is 0.158. The maximum absolute atomic E-state index is 13.1. The van der Waals surface area contributed by atoms with E-state index in [9.17, 15) is 4.79 Å². The molecule has 0 N–H and O–H groups in total. The van der Waals surface area contributed by atoms with Crippen molar-refractivity contribution in [1.29, 1.82) is 0 Å². The Bertz CT molecular complexity index is 736. The van der Waals surface area contributed by atoms with Gasteiger partial charge in [0.15, 0.2) is 0 Å². The van der Waals surface area contributed by atoms with Crippen LogP contribution < -0.4 is 0 Å². The molecule has 0 aliphatic carbocycles. The van der Waals surface area contributed by atoms with E-state index >= 15 is 0 Å². The highest BCUT2D eigenvalue weighted by molar-refractivity contribution is 6.07. The van der Waals surface area contributed by atoms with E-state index in [1.54, 1.807) is 0 Å². The number of hydrogen-bond acceptors (Lipinski definition) is 2. The molecule has 22 heavy (non-hydrogen) atoms. The number of fused-ring (bicyclic) bond motifs is 1. The molecule has 1 aliphatic rings. The van der Waals surface area contributed by atoms with E-state index < -0.39 is 0 Å². The Hall–Kier alpha value is -1.90. The first-order valence-electron chi connectivity index (χ1n) is 8.17. The molecule has 0 unspecified atom stereocenters. The molecule has 3 nitrogen and oxygen atoms in total. The van der Waals surface area contributed by atoms with Gasteiger partial charge in [0.25, 0.3) is 5.91 Å². The predicted molar refractivity (Wildman–Crippen MR) is 90.3 cm³/mol. The third kappa shape index (κ3) is 2.49. The second-order valence-corrected chi connectivity index (χ2v) is 6.56. The van der Waals surface area contributed by atoms with Crippen LogP contribution in [0.5, 0.6) is 0 Å². The highest BCUT2D eigenvalue weighted by Crippen LogP contribution is 2.27. The van der Waals surface area contributed by atoms with Crippen molar-refractivity contribution in [3.05, 3.63) is 40.6 Å². The zero-order valence-corrected chi connectivity index (χ0v) is 13.9. The van der Waals surface area contributed by atoms with E-state index in [0.29, 0.717) is 6.04 Å². The summed E-state index contributed by atoms with van der Waals surface area (Å²) in [6.45, 7) is 9.17. The van der Waals surface area contributed by atoms with E-state index in [2.05, 4.69) is 31.8 Å². The van der Waals surface area contributed by atoms with Gasteiger partial charge in [-0.1, -0.05) is 12.1 Å². The van der Waals surface area contributed by atoms with Crippen molar-refractivity contribution >= 4 is 16.8 Å². The summed E-state index contributed by atoms with van der Waals surface area (Å²) in [5, 5.41) is 0.983. The number of carbonyl (C=O) groups excluding carboxylic acids is 1. The molecule has 2 aromatic rings. The van der Waals surface area contributed by atoms with Gasteiger partial charge in [0, 0.05) is 23.7 Å². The summed E-state index contributed by atoms with van der Waals surface area (Å²) in [5.41, 5.74) is 5.07. The number of benzene rings is 1. The van der Waals surface area contributed by atoms with Gasteiger partial charge < -0.3 is 4.90 Å². The van der Waals surface area contributed by atoms with Crippen molar-refractivity contribution in [2.75, 3.05) is 6.54 Å². The van der Waals surface area contributed by atoms with Gasteiger partial charge in [-0.3, -0.25) is 9.78 Å². The van der Waals surface area contributed by atoms with Crippen LogP contribution in [-0.2, 0) is 0 Å². The molecule has 1 amide bonds. The fourth-order valence-electron chi connectivity index (χ4n) is 3.39. The van der Waals surface area contributed by atoms with Crippen LogP contribution in [0.15, 0.2) is 18.2 Å². The molecule has 0 radical (unpaired) electrons. The van der Waals surface area contributed by atoms with Crippen LogP contribution in [-0.4, -0.2) is 28.4 Å². The third-order valence-corrected chi connectivity index (χ3v) is 4.93. The highest BCUT2D eigenvalue weighted by atomic mass is 16.2. The SMILES string of the molecule is Cc1cc(C(=O)N2CCCC[C@H]2C)c2ccc(C)c(C)c2n1. The van der Waals surface area contributed by atoms with Crippen molar-refractivity contribution in [3.8, 4) is 0 Å². The van der Waals surface area contributed by atoms with E-state index in [1.165, 1.54) is 17.5 Å². The normalized spacial score (nSPS) is 18.7. The molecular weight excluding hydrogens is 272 g/mol. The lowest BCUT2D eigenvalue weighted by Crippen LogP contribution is -2.42. The summed E-state index contributed by atoms with van der Waals surface area (Å²) < 4.78 is 0. The van der Waals surface area contributed by atoms with Gasteiger partial charge in [-0.05, 0) is 64.2 Å². The first kappa shape index (κ1) is 15.0. The molecule has 3 heteroatoms. The largest absolute Gasteiger partial charge is 0.336 e. The molecular formula is C19H24N2O. The van der Waals surface area contributed by atoms with Crippen LogP contribution in [0.4, 0.5) is 0 Å². The molecule has 2 heterocycles. The van der Waals surface area contributed by atoms with Gasteiger partial charge in [0.2, 0.25) is 0 Å². The Kier molecular flexibility index (Phi) is 3.90. The second-order valence-electron chi connectivity index (χ2n) is 6.56. The van der Waals surface area contributed by atoms with Gasteiger partial charge in [0.1, 0.15) is 0 Å².